The Morgan fingerprint density at radius 1 is 1.08 bits per heavy atom. The van der Waals surface area contributed by atoms with Crippen molar-refractivity contribution < 1.29 is 0 Å². The van der Waals surface area contributed by atoms with Gasteiger partial charge in [-0.1, -0.05) is 60.3 Å². The lowest BCUT2D eigenvalue weighted by Crippen LogP contribution is -2.25. The van der Waals surface area contributed by atoms with Crippen LogP contribution in [0.3, 0.4) is 0 Å². The highest BCUT2D eigenvalue weighted by molar-refractivity contribution is 8.14. The molecule has 0 bridgehead atoms. The van der Waals surface area contributed by atoms with E-state index in [0.29, 0.717) is 0 Å². The lowest BCUT2D eigenvalue weighted by molar-refractivity contribution is 0.345. The molecule has 1 fully saturated rings. The Morgan fingerprint density at radius 3 is 2.84 bits per heavy atom. The minimum atomic E-state index is 0.800. The third kappa shape index (κ3) is 4.44. The second-order valence-electron chi connectivity index (χ2n) is 6.90. The van der Waals surface area contributed by atoms with E-state index in [2.05, 4.69) is 69.8 Å². The van der Waals surface area contributed by atoms with Gasteiger partial charge in [0.1, 0.15) is 0 Å². The van der Waals surface area contributed by atoms with E-state index in [-0.39, 0.29) is 0 Å². The van der Waals surface area contributed by atoms with Crippen LogP contribution < -0.4 is 5.32 Å². The summed E-state index contributed by atoms with van der Waals surface area (Å²) in [7, 11) is 0. The fraction of sp³-hybridized carbons (Fsp3) is 0.381. The van der Waals surface area contributed by atoms with Crippen LogP contribution in [-0.2, 0) is 13.0 Å². The number of rotatable bonds is 5. The van der Waals surface area contributed by atoms with E-state index in [0.717, 1.165) is 29.9 Å². The fourth-order valence-corrected chi connectivity index (χ4v) is 4.56. The number of benzene rings is 2. The van der Waals surface area contributed by atoms with Crippen molar-refractivity contribution in [3.8, 4) is 0 Å². The maximum atomic E-state index is 4.66. The van der Waals surface area contributed by atoms with Gasteiger partial charge in [0.05, 0.1) is 6.54 Å². The Labute approximate surface area is 154 Å². The maximum Gasteiger partial charge on any atom is 0.161 e. The molecule has 1 unspecified atom stereocenters. The summed E-state index contributed by atoms with van der Waals surface area (Å²) >= 11 is 1.85. The van der Waals surface area contributed by atoms with Gasteiger partial charge in [-0.15, -0.1) is 0 Å². The van der Waals surface area contributed by atoms with Crippen molar-refractivity contribution in [2.24, 2.45) is 10.9 Å². The number of likely N-dealkylation sites (tertiary alicyclic amines) is 1. The first-order valence-corrected chi connectivity index (χ1v) is 10.1. The zero-order valence-corrected chi connectivity index (χ0v) is 15.3. The van der Waals surface area contributed by atoms with E-state index in [9.17, 15) is 0 Å². The molecule has 4 rings (SSSR count). The number of hydrogen-bond donors (Lipinski definition) is 1. The van der Waals surface area contributed by atoms with Crippen molar-refractivity contribution in [2.75, 3.05) is 30.7 Å². The van der Waals surface area contributed by atoms with Crippen LogP contribution >= 0.6 is 11.8 Å². The van der Waals surface area contributed by atoms with Crippen LogP contribution in [0.1, 0.15) is 17.5 Å². The van der Waals surface area contributed by atoms with Crippen LogP contribution in [0.4, 0.5) is 5.69 Å². The molecule has 2 aromatic rings. The van der Waals surface area contributed by atoms with Crippen molar-refractivity contribution in [3.05, 3.63) is 65.7 Å². The van der Waals surface area contributed by atoms with E-state index in [1.54, 1.807) is 0 Å². The molecule has 0 aromatic heterocycles. The maximum absolute atomic E-state index is 4.66. The number of nitrogens with zero attached hydrogens (tertiary/aromatic N) is 2. The van der Waals surface area contributed by atoms with Gasteiger partial charge in [-0.25, -0.2) is 0 Å². The summed E-state index contributed by atoms with van der Waals surface area (Å²) in [6.07, 6.45) is 2.54. The average Bonchev–Trinajstić information content (AvgIpc) is 3.10. The summed E-state index contributed by atoms with van der Waals surface area (Å²) in [5.41, 5.74) is 3.97. The minimum absolute atomic E-state index is 0.800. The SMILES string of the molecule is c1ccc(CC2CCN(CCSC3=NCc4ccccc4N3)C2)cc1. The van der Waals surface area contributed by atoms with E-state index in [1.807, 2.05) is 11.8 Å². The quantitative estimate of drug-likeness (QED) is 0.872. The van der Waals surface area contributed by atoms with Gasteiger partial charge in [-0.3, -0.25) is 4.99 Å². The molecule has 4 heteroatoms. The number of anilines is 1. The highest BCUT2D eigenvalue weighted by Gasteiger charge is 2.22. The third-order valence-electron chi connectivity index (χ3n) is 5.04. The van der Waals surface area contributed by atoms with E-state index in [1.165, 1.54) is 42.7 Å². The molecule has 2 heterocycles. The van der Waals surface area contributed by atoms with Gasteiger partial charge in [0.15, 0.2) is 5.17 Å². The fourth-order valence-electron chi connectivity index (χ4n) is 3.67. The molecule has 3 nitrogen and oxygen atoms in total. The van der Waals surface area contributed by atoms with E-state index >= 15 is 0 Å². The van der Waals surface area contributed by atoms with Crippen LogP contribution in [0.5, 0.6) is 0 Å². The molecule has 2 aliphatic rings. The Morgan fingerprint density at radius 2 is 1.92 bits per heavy atom. The van der Waals surface area contributed by atoms with Gasteiger partial charge in [0.2, 0.25) is 0 Å². The highest BCUT2D eigenvalue weighted by Crippen LogP contribution is 2.24. The van der Waals surface area contributed by atoms with E-state index in [4.69, 9.17) is 0 Å². The van der Waals surface area contributed by atoms with Crippen LogP contribution in [0.15, 0.2) is 59.6 Å². The molecule has 0 spiro atoms. The normalized spacial score (nSPS) is 20.0. The molecule has 1 N–H and O–H groups in total. The number of fused-ring (bicyclic) bond motifs is 1. The lowest BCUT2D eigenvalue weighted by atomic mass is 9.99. The average molecular weight is 352 g/mol. The topological polar surface area (TPSA) is 27.6 Å². The first kappa shape index (κ1) is 16.7. The summed E-state index contributed by atoms with van der Waals surface area (Å²) in [6.45, 7) is 4.42. The first-order valence-electron chi connectivity index (χ1n) is 9.15. The van der Waals surface area contributed by atoms with Crippen molar-refractivity contribution in [3.63, 3.8) is 0 Å². The van der Waals surface area contributed by atoms with Crippen LogP contribution in [0.25, 0.3) is 0 Å². The molecule has 0 radical (unpaired) electrons. The molecule has 1 saturated heterocycles. The lowest BCUT2D eigenvalue weighted by Gasteiger charge is -2.19. The Kier molecular flexibility index (Phi) is 5.38. The van der Waals surface area contributed by atoms with Crippen LogP contribution in [0.2, 0.25) is 0 Å². The predicted octanol–water partition coefficient (Wildman–Crippen LogP) is 4.27. The first-order chi connectivity index (χ1) is 12.4. The number of hydrogen-bond acceptors (Lipinski definition) is 4. The molecule has 2 aliphatic heterocycles. The summed E-state index contributed by atoms with van der Waals surface area (Å²) < 4.78 is 0. The third-order valence-corrected chi connectivity index (χ3v) is 5.93. The number of thioether (sulfide) groups is 1. The highest BCUT2D eigenvalue weighted by atomic mass is 32.2. The van der Waals surface area contributed by atoms with Gasteiger partial charge < -0.3 is 10.2 Å². The van der Waals surface area contributed by atoms with Crippen LogP contribution in [-0.4, -0.2) is 35.5 Å². The summed E-state index contributed by atoms with van der Waals surface area (Å²) in [4.78, 5) is 7.26. The zero-order valence-electron chi connectivity index (χ0n) is 14.5. The monoisotopic (exact) mass is 351 g/mol. The minimum Gasteiger partial charge on any atom is -0.335 e. The number of amidine groups is 1. The number of nitrogens with one attached hydrogen (secondary N) is 1. The Bertz CT molecular complexity index is 729. The molecule has 0 aliphatic carbocycles. The van der Waals surface area contributed by atoms with E-state index < -0.39 is 0 Å². The standard InChI is InChI=1S/C21H25N3S/c1-2-6-17(7-3-1)14-18-10-11-24(16-18)12-13-25-21-22-15-19-8-4-5-9-20(19)23-21/h1-9,18H,10-16H2,(H,22,23). The van der Waals surface area contributed by atoms with Gasteiger partial charge in [-0.05, 0) is 42.5 Å². The molecule has 130 valence electrons. The predicted molar refractivity (Wildman–Crippen MR) is 108 cm³/mol. The van der Waals surface area contributed by atoms with Gasteiger partial charge >= 0.3 is 0 Å². The largest absolute Gasteiger partial charge is 0.335 e. The molecule has 0 amide bonds. The summed E-state index contributed by atoms with van der Waals surface area (Å²) in [5, 5.41) is 4.53. The second-order valence-corrected chi connectivity index (χ2v) is 7.98. The van der Waals surface area contributed by atoms with Gasteiger partial charge in [-0.2, -0.15) is 0 Å². The Balaban J connectivity index is 1.19. The molecule has 25 heavy (non-hydrogen) atoms. The Hall–Kier alpha value is -1.78. The van der Waals surface area contributed by atoms with Crippen molar-refractivity contribution in [1.82, 2.24) is 4.90 Å². The number of aliphatic imine (C=N–C) groups is 1. The van der Waals surface area contributed by atoms with Crippen molar-refractivity contribution in [2.45, 2.75) is 19.4 Å². The molecule has 1 atom stereocenters. The van der Waals surface area contributed by atoms with Crippen molar-refractivity contribution in [1.29, 1.82) is 0 Å². The zero-order chi connectivity index (χ0) is 16.9. The molecular formula is C21H25N3S. The molecule has 0 saturated carbocycles. The van der Waals surface area contributed by atoms with Crippen molar-refractivity contribution >= 4 is 22.6 Å². The summed E-state index contributed by atoms with van der Waals surface area (Å²) in [6, 6.07) is 19.3. The number of para-hydroxylation sites is 1. The van der Waals surface area contributed by atoms with Crippen LogP contribution in [0, 0.1) is 5.92 Å². The van der Waals surface area contributed by atoms with Gasteiger partial charge in [0, 0.05) is 24.5 Å². The summed E-state index contributed by atoms with van der Waals surface area (Å²) in [5.74, 6) is 1.91. The molecule has 2 aromatic carbocycles. The molecular weight excluding hydrogens is 326 g/mol. The smallest absolute Gasteiger partial charge is 0.161 e. The van der Waals surface area contributed by atoms with Gasteiger partial charge in [0.25, 0.3) is 0 Å². The second kappa shape index (κ2) is 8.07.